The number of aromatic hydroxyl groups is 1. The van der Waals surface area contributed by atoms with E-state index < -0.39 is 5.41 Å². The molecule has 0 fully saturated rings. The Bertz CT molecular complexity index is 1430. The summed E-state index contributed by atoms with van der Waals surface area (Å²) in [4.78, 5) is 1.72. The van der Waals surface area contributed by atoms with Crippen LogP contribution in [0.4, 0.5) is 0 Å². The van der Waals surface area contributed by atoms with Crippen molar-refractivity contribution in [2.45, 2.75) is 38.5 Å². The highest BCUT2D eigenvalue weighted by Crippen LogP contribution is 2.40. The Labute approximate surface area is 200 Å². The van der Waals surface area contributed by atoms with Gasteiger partial charge in [0.25, 0.3) is 0 Å². The molecule has 4 heteroatoms. The van der Waals surface area contributed by atoms with E-state index in [2.05, 4.69) is 70.2 Å². The number of aromatic nitrogens is 3. The predicted molar refractivity (Wildman–Crippen MR) is 138 cm³/mol. The van der Waals surface area contributed by atoms with Gasteiger partial charge in [-0.2, -0.15) is 4.80 Å². The predicted octanol–water partition coefficient (Wildman–Crippen LogP) is 6.78. The van der Waals surface area contributed by atoms with Crippen LogP contribution in [0.5, 0.6) is 5.75 Å². The summed E-state index contributed by atoms with van der Waals surface area (Å²) >= 11 is 0. The van der Waals surface area contributed by atoms with Crippen LogP contribution >= 0.6 is 0 Å². The van der Waals surface area contributed by atoms with E-state index in [1.807, 2.05) is 48.5 Å². The molecule has 0 aliphatic heterocycles. The summed E-state index contributed by atoms with van der Waals surface area (Å²) in [6.45, 7) is 8.78. The molecule has 5 aromatic rings. The summed E-state index contributed by atoms with van der Waals surface area (Å²) < 4.78 is 0. The van der Waals surface area contributed by atoms with Gasteiger partial charge >= 0.3 is 0 Å². The first-order valence-corrected chi connectivity index (χ1v) is 11.6. The van der Waals surface area contributed by atoms with E-state index in [1.54, 1.807) is 10.9 Å². The molecule has 0 spiro atoms. The second kappa shape index (κ2) is 8.14. The Kier molecular flexibility index (Phi) is 5.24. The van der Waals surface area contributed by atoms with Gasteiger partial charge in [-0.05, 0) is 47.0 Å². The molecule has 0 aliphatic carbocycles. The lowest BCUT2D eigenvalue weighted by molar-refractivity contribution is 0.453. The highest BCUT2D eigenvalue weighted by molar-refractivity contribution is 5.73. The number of benzene rings is 4. The van der Waals surface area contributed by atoms with Crippen LogP contribution in [0.1, 0.15) is 49.9 Å². The van der Waals surface area contributed by atoms with Crippen molar-refractivity contribution in [2.75, 3.05) is 0 Å². The molecule has 0 bridgehead atoms. The van der Waals surface area contributed by atoms with Crippen molar-refractivity contribution in [2.24, 2.45) is 0 Å². The van der Waals surface area contributed by atoms with E-state index in [1.165, 1.54) is 5.56 Å². The number of hydrogen-bond acceptors (Lipinski definition) is 3. The van der Waals surface area contributed by atoms with Gasteiger partial charge in [0.15, 0.2) is 0 Å². The second-order valence-corrected chi connectivity index (χ2v) is 9.88. The molecule has 1 heterocycles. The van der Waals surface area contributed by atoms with Crippen LogP contribution in [0.2, 0.25) is 0 Å². The molecular formula is C30H29N3O. The fourth-order valence-corrected chi connectivity index (χ4v) is 4.60. The third kappa shape index (κ3) is 3.75. The first-order chi connectivity index (χ1) is 16.3. The quantitative estimate of drug-likeness (QED) is 0.323. The molecule has 4 aromatic carbocycles. The van der Waals surface area contributed by atoms with Gasteiger partial charge in [0.1, 0.15) is 16.8 Å². The summed E-state index contributed by atoms with van der Waals surface area (Å²) in [7, 11) is 0. The standard InChI is InChI=1S/C30H29N3O/c1-29(2,21-12-6-5-7-13-21)22-18-23(30(3,4)25-14-8-11-17-28(25)34)20-24(19-22)33-31-26-15-9-10-16-27(26)32-33/h5-20,34H,1-4H3. The van der Waals surface area contributed by atoms with Gasteiger partial charge in [-0.25, -0.2) is 0 Å². The molecule has 5 rings (SSSR count). The largest absolute Gasteiger partial charge is 0.508 e. The molecule has 34 heavy (non-hydrogen) atoms. The highest BCUT2D eigenvalue weighted by Gasteiger charge is 2.30. The minimum absolute atomic E-state index is 0.243. The fraction of sp³-hybridized carbons (Fsp3) is 0.200. The summed E-state index contributed by atoms with van der Waals surface area (Å²) in [6.07, 6.45) is 0. The third-order valence-electron chi connectivity index (χ3n) is 6.95. The summed E-state index contributed by atoms with van der Waals surface area (Å²) in [5.74, 6) is 0.296. The van der Waals surface area contributed by atoms with E-state index >= 15 is 0 Å². The minimum Gasteiger partial charge on any atom is -0.508 e. The first-order valence-electron chi connectivity index (χ1n) is 11.6. The van der Waals surface area contributed by atoms with Crippen LogP contribution in [0.25, 0.3) is 16.7 Å². The van der Waals surface area contributed by atoms with Crippen molar-refractivity contribution in [1.29, 1.82) is 0 Å². The van der Waals surface area contributed by atoms with E-state index in [-0.39, 0.29) is 5.41 Å². The summed E-state index contributed by atoms with van der Waals surface area (Å²) in [5.41, 5.74) is 6.31. The summed E-state index contributed by atoms with van der Waals surface area (Å²) in [6, 6.07) is 32.6. The van der Waals surface area contributed by atoms with Gasteiger partial charge < -0.3 is 5.11 Å². The maximum Gasteiger partial charge on any atom is 0.119 e. The summed E-state index contributed by atoms with van der Waals surface area (Å²) in [5, 5.41) is 20.2. The van der Waals surface area contributed by atoms with E-state index in [0.717, 1.165) is 33.4 Å². The molecule has 1 aromatic heterocycles. The normalized spacial score (nSPS) is 12.2. The number of fused-ring (bicyclic) bond motifs is 1. The Balaban J connectivity index is 1.74. The lowest BCUT2D eigenvalue weighted by Crippen LogP contribution is -2.24. The van der Waals surface area contributed by atoms with E-state index in [4.69, 9.17) is 10.2 Å². The molecule has 0 radical (unpaired) electrons. The number of phenolic OH excluding ortho intramolecular Hbond substituents is 1. The number of nitrogens with zero attached hydrogens (tertiary/aromatic N) is 3. The highest BCUT2D eigenvalue weighted by atomic mass is 16.3. The molecule has 0 saturated heterocycles. The molecule has 0 aliphatic rings. The second-order valence-electron chi connectivity index (χ2n) is 9.88. The van der Waals surface area contributed by atoms with Gasteiger partial charge in [0, 0.05) is 16.4 Å². The number of hydrogen-bond donors (Lipinski definition) is 1. The van der Waals surface area contributed by atoms with Crippen LogP contribution in [-0.4, -0.2) is 20.1 Å². The number of phenols is 1. The lowest BCUT2D eigenvalue weighted by atomic mass is 9.73. The van der Waals surface area contributed by atoms with Crippen molar-refractivity contribution in [3.05, 3.63) is 119 Å². The first kappa shape index (κ1) is 21.9. The Morgan fingerprint density at radius 3 is 1.74 bits per heavy atom. The Morgan fingerprint density at radius 1 is 0.588 bits per heavy atom. The molecule has 4 nitrogen and oxygen atoms in total. The van der Waals surface area contributed by atoms with Crippen LogP contribution in [-0.2, 0) is 10.8 Å². The molecule has 170 valence electrons. The molecule has 1 N–H and O–H groups in total. The zero-order valence-corrected chi connectivity index (χ0v) is 20.0. The van der Waals surface area contributed by atoms with Gasteiger partial charge in [0.05, 0.1) is 5.69 Å². The molecule has 0 amide bonds. The monoisotopic (exact) mass is 447 g/mol. The maximum absolute atomic E-state index is 10.7. The van der Waals surface area contributed by atoms with Crippen LogP contribution in [0.3, 0.4) is 0 Å². The van der Waals surface area contributed by atoms with Gasteiger partial charge in [-0.3, -0.25) is 0 Å². The molecule has 0 atom stereocenters. The van der Waals surface area contributed by atoms with Gasteiger partial charge in [-0.15, -0.1) is 10.2 Å². The SMILES string of the molecule is CC(C)(c1ccccc1)c1cc(-n2nc3ccccc3n2)cc(C(C)(C)c2ccccc2O)c1. The van der Waals surface area contributed by atoms with Crippen LogP contribution < -0.4 is 0 Å². The average Bonchev–Trinajstić information content (AvgIpc) is 3.29. The van der Waals surface area contributed by atoms with Crippen molar-refractivity contribution < 1.29 is 5.11 Å². The van der Waals surface area contributed by atoms with Crippen LogP contribution in [0, 0.1) is 0 Å². The topological polar surface area (TPSA) is 50.9 Å². The zero-order valence-electron chi connectivity index (χ0n) is 20.0. The van der Waals surface area contributed by atoms with Crippen LogP contribution in [0.15, 0.2) is 97.1 Å². The Hall–Kier alpha value is -3.92. The van der Waals surface area contributed by atoms with Gasteiger partial charge in [0.2, 0.25) is 0 Å². The van der Waals surface area contributed by atoms with Gasteiger partial charge in [-0.1, -0.05) is 94.4 Å². The molecular weight excluding hydrogens is 418 g/mol. The van der Waals surface area contributed by atoms with Crippen molar-refractivity contribution in [3.63, 3.8) is 0 Å². The Morgan fingerprint density at radius 2 is 1.12 bits per heavy atom. The number of para-hydroxylation sites is 1. The maximum atomic E-state index is 10.7. The van der Waals surface area contributed by atoms with Crippen molar-refractivity contribution >= 4 is 11.0 Å². The fourth-order valence-electron chi connectivity index (χ4n) is 4.60. The molecule has 0 saturated carbocycles. The molecule has 0 unspecified atom stereocenters. The van der Waals surface area contributed by atoms with Crippen molar-refractivity contribution in [1.82, 2.24) is 15.0 Å². The van der Waals surface area contributed by atoms with Crippen molar-refractivity contribution in [3.8, 4) is 11.4 Å². The minimum atomic E-state index is -0.435. The average molecular weight is 448 g/mol. The number of rotatable bonds is 5. The zero-order chi connectivity index (χ0) is 23.9. The lowest BCUT2D eigenvalue weighted by Gasteiger charge is -2.31. The smallest absolute Gasteiger partial charge is 0.119 e. The third-order valence-corrected chi connectivity index (χ3v) is 6.95. The van der Waals surface area contributed by atoms with E-state index in [0.29, 0.717) is 5.75 Å². The van der Waals surface area contributed by atoms with E-state index in [9.17, 15) is 5.11 Å².